The van der Waals surface area contributed by atoms with Crippen LogP contribution in [0.1, 0.15) is 12.8 Å². The van der Waals surface area contributed by atoms with Gasteiger partial charge in [-0.25, -0.2) is 0 Å². The summed E-state index contributed by atoms with van der Waals surface area (Å²) in [6.07, 6.45) is 1.16. The van der Waals surface area contributed by atoms with Gasteiger partial charge in [0.15, 0.2) is 0 Å². The Morgan fingerprint density at radius 3 is 2.45 bits per heavy atom. The van der Waals surface area contributed by atoms with Crippen molar-refractivity contribution in [3.05, 3.63) is 12.7 Å². The van der Waals surface area contributed by atoms with Crippen molar-refractivity contribution >= 4 is 10.1 Å². The highest BCUT2D eigenvalue weighted by Gasteiger charge is 2.08. The van der Waals surface area contributed by atoms with Gasteiger partial charge < -0.3 is 5.11 Å². The third-order valence-electron chi connectivity index (χ3n) is 1.15. The van der Waals surface area contributed by atoms with Crippen LogP contribution in [0, 0.1) is 0 Å². The van der Waals surface area contributed by atoms with E-state index in [-0.39, 0.29) is 6.42 Å². The number of aliphatic hydroxyl groups is 1. The molecule has 0 aromatic heterocycles. The minimum atomic E-state index is -3.93. The predicted molar refractivity (Wildman–Crippen MR) is 41.9 cm³/mol. The zero-order valence-corrected chi connectivity index (χ0v) is 6.92. The number of hydrogen-bond acceptors (Lipinski definition) is 3. The molecule has 0 saturated carbocycles. The van der Waals surface area contributed by atoms with Crippen molar-refractivity contribution < 1.29 is 18.1 Å². The molecule has 0 aliphatic rings. The average molecular weight is 180 g/mol. The van der Waals surface area contributed by atoms with Crippen LogP contribution in [0.25, 0.3) is 0 Å². The number of rotatable bonds is 5. The second kappa shape index (κ2) is 4.48. The van der Waals surface area contributed by atoms with E-state index < -0.39 is 22.0 Å². The lowest BCUT2D eigenvalue weighted by Gasteiger charge is -2.04. The topological polar surface area (TPSA) is 74.6 Å². The van der Waals surface area contributed by atoms with Crippen molar-refractivity contribution in [2.24, 2.45) is 0 Å². The summed E-state index contributed by atoms with van der Waals surface area (Å²) in [6.45, 7) is 3.37. The van der Waals surface area contributed by atoms with E-state index in [1.54, 1.807) is 0 Å². The fraction of sp³-hybridized carbons (Fsp3) is 0.667. The molecule has 0 heterocycles. The standard InChI is InChI=1S/C6H12O4S/c1-2-3-6(7)4-5-11(8,9)10/h2,6-7H,1,3-5H2,(H,8,9,10). The molecule has 0 rings (SSSR count). The van der Waals surface area contributed by atoms with E-state index in [9.17, 15) is 8.42 Å². The summed E-state index contributed by atoms with van der Waals surface area (Å²) in [5, 5.41) is 8.97. The average Bonchev–Trinajstić information content (AvgIpc) is 1.83. The second-order valence-corrected chi connectivity index (χ2v) is 3.82. The summed E-state index contributed by atoms with van der Waals surface area (Å²) < 4.78 is 28.6. The molecule has 0 aromatic carbocycles. The molecule has 0 radical (unpaired) electrons. The van der Waals surface area contributed by atoms with Gasteiger partial charge in [-0.05, 0) is 12.8 Å². The van der Waals surface area contributed by atoms with Gasteiger partial charge >= 0.3 is 0 Å². The van der Waals surface area contributed by atoms with E-state index in [1.807, 2.05) is 0 Å². The number of aliphatic hydroxyl groups excluding tert-OH is 1. The van der Waals surface area contributed by atoms with Gasteiger partial charge in [-0.2, -0.15) is 8.42 Å². The van der Waals surface area contributed by atoms with Crippen LogP contribution in [0.15, 0.2) is 12.7 Å². The van der Waals surface area contributed by atoms with Crippen molar-refractivity contribution in [2.45, 2.75) is 18.9 Å². The van der Waals surface area contributed by atoms with Crippen LogP contribution in [-0.4, -0.2) is 29.9 Å². The Morgan fingerprint density at radius 2 is 2.09 bits per heavy atom. The normalized spacial score (nSPS) is 14.4. The molecule has 4 nitrogen and oxygen atoms in total. The van der Waals surface area contributed by atoms with E-state index in [2.05, 4.69) is 6.58 Å². The Hall–Kier alpha value is -0.390. The maximum absolute atomic E-state index is 10.2. The molecule has 1 atom stereocenters. The summed E-state index contributed by atoms with van der Waals surface area (Å²) in [7, 11) is -3.93. The van der Waals surface area contributed by atoms with Gasteiger partial charge in [0.05, 0.1) is 11.9 Å². The highest BCUT2D eigenvalue weighted by molar-refractivity contribution is 7.85. The lowest BCUT2D eigenvalue weighted by molar-refractivity contribution is 0.174. The van der Waals surface area contributed by atoms with E-state index >= 15 is 0 Å². The largest absolute Gasteiger partial charge is 0.393 e. The smallest absolute Gasteiger partial charge is 0.264 e. The zero-order valence-electron chi connectivity index (χ0n) is 6.10. The Labute approximate surface area is 66.3 Å². The Kier molecular flexibility index (Phi) is 4.32. The van der Waals surface area contributed by atoms with Crippen molar-refractivity contribution in [3.8, 4) is 0 Å². The first-order valence-electron chi connectivity index (χ1n) is 3.20. The minimum Gasteiger partial charge on any atom is -0.393 e. The van der Waals surface area contributed by atoms with Gasteiger partial charge in [0, 0.05) is 0 Å². The lowest BCUT2D eigenvalue weighted by atomic mass is 10.2. The Morgan fingerprint density at radius 1 is 1.55 bits per heavy atom. The first-order valence-corrected chi connectivity index (χ1v) is 4.80. The molecular weight excluding hydrogens is 168 g/mol. The van der Waals surface area contributed by atoms with E-state index in [4.69, 9.17) is 9.66 Å². The van der Waals surface area contributed by atoms with Gasteiger partial charge in [-0.3, -0.25) is 4.55 Å². The molecule has 0 bridgehead atoms. The molecule has 0 amide bonds. The van der Waals surface area contributed by atoms with Crippen LogP contribution in [0.3, 0.4) is 0 Å². The Balaban J connectivity index is 3.62. The molecule has 0 aromatic rings. The summed E-state index contributed by atoms with van der Waals surface area (Å²) in [4.78, 5) is 0. The summed E-state index contributed by atoms with van der Waals surface area (Å²) in [6, 6.07) is 0. The molecule has 0 saturated heterocycles. The SMILES string of the molecule is C=CCC(O)CCS(=O)(=O)O. The highest BCUT2D eigenvalue weighted by Crippen LogP contribution is 2.00. The fourth-order valence-corrected chi connectivity index (χ4v) is 1.17. The van der Waals surface area contributed by atoms with Gasteiger partial charge in [0.25, 0.3) is 10.1 Å². The fourth-order valence-electron chi connectivity index (χ4n) is 0.595. The molecule has 0 fully saturated rings. The first kappa shape index (κ1) is 10.6. The van der Waals surface area contributed by atoms with E-state index in [1.165, 1.54) is 6.08 Å². The van der Waals surface area contributed by atoms with Gasteiger partial charge in [0.2, 0.25) is 0 Å². The molecule has 11 heavy (non-hydrogen) atoms. The monoisotopic (exact) mass is 180 g/mol. The third kappa shape index (κ3) is 7.51. The van der Waals surface area contributed by atoms with Crippen LogP contribution in [0.5, 0.6) is 0 Å². The summed E-state index contributed by atoms with van der Waals surface area (Å²) >= 11 is 0. The highest BCUT2D eigenvalue weighted by atomic mass is 32.2. The number of hydrogen-bond donors (Lipinski definition) is 2. The van der Waals surface area contributed by atoms with Crippen LogP contribution >= 0.6 is 0 Å². The molecule has 5 heteroatoms. The van der Waals surface area contributed by atoms with Crippen LogP contribution < -0.4 is 0 Å². The molecule has 0 aliphatic carbocycles. The van der Waals surface area contributed by atoms with Crippen LogP contribution in [0.2, 0.25) is 0 Å². The van der Waals surface area contributed by atoms with Crippen molar-refractivity contribution in [1.82, 2.24) is 0 Å². The Bertz CT molecular complexity index is 207. The van der Waals surface area contributed by atoms with E-state index in [0.29, 0.717) is 6.42 Å². The summed E-state index contributed by atoms with van der Waals surface area (Å²) in [5.74, 6) is -0.401. The molecule has 2 N–H and O–H groups in total. The quantitative estimate of drug-likeness (QED) is 0.468. The van der Waals surface area contributed by atoms with Crippen LogP contribution in [0.4, 0.5) is 0 Å². The van der Waals surface area contributed by atoms with Gasteiger partial charge in [-0.15, -0.1) is 6.58 Å². The zero-order chi connectivity index (χ0) is 8.91. The summed E-state index contributed by atoms with van der Waals surface area (Å²) in [5.41, 5.74) is 0. The first-order chi connectivity index (χ1) is 4.95. The van der Waals surface area contributed by atoms with Crippen molar-refractivity contribution in [1.29, 1.82) is 0 Å². The molecule has 1 unspecified atom stereocenters. The maximum Gasteiger partial charge on any atom is 0.264 e. The predicted octanol–water partition coefficient (Wildman–Crippen LogP) is 0.201. The molecule has 0 spiro atoms. The lowest BCUT2D eigenvalue weighted by Crippen LogP contribution is -2.13. The molecule has 0 aliphatic heterocycles. The minimum absolute atomic E-state index is 0.0465. The van der Waals surface area contributed by atoms with Crippen LogP contribution in [-0.2, 0) is 10.1 Å². The molecule has 66 valence electrons. The molecular formula is C6H12O4S. The van der Waals surface area contributed by atoms with E-state index in [0.717, 1.165) is 0 Å². The van der Waals surface area contributed by atoms with Crippen molar-refractivity contribution in [2.75, 3.05) is 5.75 Å². The maximum atomic E-state index is 10.2. The second-order valence-electron chi connectivity index (χ2n) is 2.25. The van der Waals surface area contributed by atoms with Crippen molar-refractivity contribution in [3.63, 3.8) is 0 Å². The van der Waals surface area contributed by atoms with Gasteiger partial charge in [-0.1, -0.05) is 6.08 Å². The third-order valence-corrected chi connectivity index (χ3v) is 1.90. The van der Waals surface area contributed by atoms with Gasteiger partial charge in [0.1, 0.15) is 0 Å².